The minimum absolute atomic E-state index is 0.179. The van der Waals surface area contributed by atoms with Crippen molar-refractivity contribution < 1.29 is 17.9 Å². The molecule has 2 fully saturated rings. The second kappa shape index (κ2) is 9.67. The molecular weight excluding hydrogens is 484 g/mol. The molecule has 2 aliphatic heterocycles. The van der Waals surface area contributed by atoms with Crippen LogP contribution in [-0.2, 0) is 19.5 Å². The van der Waals surface area contributed by atoms with E-state index < -0.39 is 10.0 Å². The number of nitrogens with zero attached hydrogens (tertiary/aromatic N) is 4. The van der Waals surface area contributed by atoms with E-state index in [0.717, 1.165) is 0 Å². The summed E-state index contributed by atoms with van der Waals surface area (Å²) in [6.45, 7) is 5.15. The fourth-order valence-corrected chi connectivity index (χ4v) is 6.47. The number of anilines is 2. The molecule has 1 unspecified atom stereocenters. The maximum absolute atomic E-state index is 13.2. The standard InChI is InChI=1S/C24H28N6O5S/c1-15-12-29(13-16(2)35-15)36(32,33)19-5-3-18(4-6-19)27-23-22-20(7-9-26-24(22)31)30(28-23)21-14-34-10-8-17(21)11-25/h3-7,9,15-17,21H,8,10,12-14H2,1-2H3,(H,26,31)(H,27,28)/t15-,16+,17?,21-/m0/s1. The lowest BCUT2D eigenvalue weighted by atomic mass is 9.96. The lowest BCUT2D eigenvalue weighted by Gasteiger charge is -2.34. The fraction of sp³-hybridized carbons (Fsp3) is 0.458. The lowest BCUT2D eigenvalue weighted by molar-refractivity contribution is -0.0440. The van der Waals surface area contributed by atoms with Crippen molar-refractivity contribution >= 4 is 32.4 Å². The molecule has 3 aromatic rings. The third kappa shape index (κ3) is 4.51. The Morgan fingerprint density at radius 3 is 2.58 bits per heavy atom. The summed E-state index contributed by atoms with van der Waals surface area (Å²) in [5, 5.41) is 17.8. The van der Waals surface area contributed by atoms with Crippen LogP contribution in [0.25, 0.3) is 10.9 Å². The molecule has 2 saturated heterocycles. The number of rotatable bonds is 5. The molecule has 0 saturated carbocycles. The normalized spacial score (nSPS) is 25.5. The number of aromatic amines is 1. The maximum atomic E-state index is 13.2. The lowest BCUT2D eigenvalue weighted by Crippen LogP contribution is -2.48. The Kier molecular flexibility index (Phi) is 6.57. The van der Waals surface area contributed by atoms with Gasteiger partial charge in [-0.05, 0) is 50.6 Å². The first-order valence-corrected chi connectivity index (χ1v) is 13.3. The second-order valence-corrected chi connectivity index (χ2v) is 11.2. The van der Waals surface area contributed by atoms with E-state index in [9.17, 15) is 18.5 Å². The van der Waals surface area contributed by atoms with Crippen molar-refractivity contribution in [3.63, 3.8) is 0 Å². The SMILES string of the molecule is C[C@@H]1CN(S(=O)(=O)c2ccc(Nc3nn([C@H]4COCCC4C#N)c4cc[nH]c(=O)c34)cc2)C[C@H](C)O1. The predicted octanol–water partition coefficient (Wildman–Crippen LogP) is 2.37. The number of H-pyrrole nitrogens is 1. The Morgan fingerprint density at radius 2 is 1.89 bits per heavy atom. The molecule has 2 aliphatic rings. The minimum atomic E-state index is -3.67. The molecule has 0 radical (unpaired) electrons. The Hall–Kier alpha value is -3.24. The van der Waals surface area contributed by atoms with E-state index in [2.05, 4.69) is 21.5 Å². The van der Waals surface area contributed by atoms with Crippen LogP contribution in [0.5, 0.6) is 0 Å². The Morgan fingerprint density at radius 1 is 1.17 bits per heavy atom. The van der Waals surface area contributed by atoms with Crippen LogP contribution in [0.15, 0.2) is 46.2 Å². The van der Waals surface area contributed by atoms with Crippen LogP contribution in [0.4, 0.5) is 11.5 Å². The van der Waals surface area contributed by atoms with Crippen molar-refractivity contribution in [3.8, 4) is 6.07 Å². The van der Waals surface area contributed by atoms with E-state index in [1.165, 1.54) is 16.4 Å². The zero-order chi connectivity index (χ0) is 25.4. The number of nitriles is 1. The summed E-state index contributed by atoms with van der Waals surface area (Å²) in [7, 11) is -3.67. The quantitative estimate of drug-likeness (QED) is 0.531. The first-order chi connectivity index (χ1) is 17.3. The first kappa shape index (κ1) is 24.5. The molecule has 190 valence electrons. The van der Waals surface area contributed by atoms with Crippen LogP contribution in [-0.4, -0.2) is 66.0 Å². The van der Waals surface area contributed by atoms with E-state index in [4.69, 9.17) is 9.47 Å². The van der Waals surface area contributed by atoms with Crippen LogP contribution < -0.4 is 10.9 Å². The zero-order valence-electron chi connectivity index (χ0n) is 20.0. The van der Waals surface area contributed by atoms with E-state index >= 15 is 0 Å². The van der Waals surface area contributed by atoms with Gasteiger partial charge in [0.15, 0.2) is 5.82 Å². The van der Waals surface area contributed by atoms with Gasteiger partial charge in [0.05, 0.1) is 47.3 Å². The molecule has 12 heteroatoms. The van der Waals surface area contributed by atoms with Gasteiger partial charge in [0.25, 0.3) is 5.56 Å². The summed E-state index contributed by atoms with van der Waals surface area (Å²) >= 11 is 0. The van der Waals surface area contributed by atoms with Gasteiger partial charge in [0, 0.05) is 31.6 Å². The number of aromatic nitrogens is 3. The van der Waals surface area contributed by atoms with E-state index in [1.807, 2.05) is 13.8 Å². The molecule has 2 N–H and O–H groups in total. The molecule has 0 amide bonds. The second-order valence-electron chi connectivity index (χ2n) is 9.26. The van der Waals surface area contributed by atoms with Crippen LogP contribution in [0.2, 0.25) is 0 Å². The largest absolute Gasteiger partial charge is 0.379 e. The molecule has 0 bridgehead atoms. The smallest absolute Gasteiger partial charge is 0.261 e. The summed E-state index contributed by atoms with van der Waals surface area (Å²) < 4.78 is 40.7. The number of ether oxygens (including phenoxy) is 2. The van der Waals surface area contributed by atoms with Gasteiger partial charge in [-0.15, -0.1) is 0 Å². The van der Waals surface area contributed by atoms with E-state index in [0.29, 0.717) is 55.1 Å². The number of fused-ring (bicyclic) bond motifs is 1. The molecule has 1 aromatic carbocycles. The topological polar surface area (TPSA) is 142 Å². The van der Waals surface area contributed by atoms with Crippen LogP contribution >= 0.6 is 0 Å². The summed E-state index contributed by atoms with van der Waals surface area (Å²) in [6.07, 6.45) is 1.78. The molecular formula is C24H28N6O5S. The number of benzene rings is 1. The predicted molar refractivity (Wildman–Crippen MR) is 132 cm³/mol. The summed E-state index contributed by atoms with van der Waals surface area (Å²) in [4.78, 5) is 15.6. The average Bonchev–Trinajstić information content (AvgIpc) is 3.23. The van der Waals surface area contributed by atoms with Crippen molar-refractivity contribution in [2.75, 3.05) is 31.6 Å². The Balaban J connectivity index is 1.44. The third-order valence-electron chi connectivity index (χ3n) is 6.58. The zero-order valence-corrected chi connectivity index (χ0v) is 20.9. The molecule has 0 spiro atoms. The van der Waals surface area contributed by atoms with Crippen molar-refractivity contribution in [3.05, 3.63) is 46.9 Å². The van der Waals surface area contributed by atoms with Crippen LogP contribution in [0.3, 0.4) is 0 Å². The van der Waals surface area contributed by atoms with Gasteiger partial charge in [-0.2, -0.15) is 14.7 Å². The highest BCUT2D eigenvalue weighted by Crippen LogP contribution is 2.32. The highest BCUT2D eigenvalue weighted by molar-refractivity contribution is 7.89. The molecule has 4 atom stereocenters. The van der Waals surface area contributed by atoms with E-state index in [-0.39, 0.29) is 34.6 Å². The van der Waals surface area contributed by atoms with Gasteiger partial charge in [-0.25, -0.2) is 8.42 Å². The Labute approximate surface area is 208 Å². The molecule has 11 nitrogen and oxygen atoms in total. The van der Waals surface area contributed by atoms with Gasteiger partial charge in [0.2, 0.25) is 10.0 Å². The van der Waals surface area contributed by atoms with Gasteiger partial charge in [0.1, 0.15) is 5.39 Å². The number of hydrogen-bond donors (Lipinski definition) is 2. The van der Waals surface area contributed by atoms with Crippen molar-refractivity contribution in [2.45, 2.75) is 43.4 Å². The van der Waals surface area contributed by atoms with Gasteiger partial charge < -0.3 is 19.8 Å². The number of pyridine rings is 1. The average molecular weight is 513 g/mol. The highest BCUT2D eigenvalue weighted by Gasteiger charge is 2.33. The first-order valence-electron chi connectivity index (χ1n) is 11.9. The molecule has 5 rings (SSSR count). The van der Waals surface area contributed by atoms with E-state index in [1.54, 1.807) is 29.1 Å². The summed E-state index contributed by atoms with van der Waals surface area (Å²) in [5.41, 5.74) is 0.845. The summed E-state index contributed by atoms with van der Waals surface area (Å²) in [6, 6.07) is 10.1. The molecule has 2 aromatic heterocycles. The maximum Gasteiger partial charge on any atom is 0.261 e. The van der Waals surface area contributed by atoms with Crippen molar-refractivity contribution in [1.29, 1.82) is 5.26 Å². The molecule has 4 heterocycles. The van der Waals surface area contributed by atoms with Crippen LogP contribution in [0, 0.1) is 17.2 Å². The van der Waals surface area contributed by atoms with Gasteiger partial charge in [-0.1, -0.05) is 0 Å². The third-order valence-corrected chi connectivity index (χ3v) is 8.42. The van der Waals surface area contributed by atoms with Crippen molar-refractivity contribution in [1.82, 2.24) is 19.1 Å². The molecule has 36 heavy (non-hydrogen) atoms. The fourth-order valence-electron chi connectivity index (χ4n) is 4.88. The van der Waals surface area contributed by atoms with Crippen molar-refractivity contribution in [2.24, 2.45) is 5.92 Å². The number of sulfonamides is 1. The van der Waals surface area contributed by atoms with Gasteiger partial charge >= 0.3 is 0 Å². The molecule has 0 aliphatic carbocycles. The monoisotopic (exact) mass is 512 g/mol. The Bertz CT molecular complexity index is 1450. The number of hydrogen-bond acceptors (Lipinski definition) is 8. The minimum Gasteiger partial charge on any atom is -0.379 e. The number of morpholine rings is 1. The van der Waals surface area contributed by atoms with Gasteiger partial charge in [-0.3, -0.25) is 9.48 Å². The van der Waals surface area contributed by atoms with Crippen LogP contribution in [0.1, 0.15) is 26.3 Å². The number of nitrogens with one attached hydrogen (secondary N) is 2. The summed E-state index contributed by atoms with van der Waals surface area (Å²) in [5.74, 6) is 0.0321. The highest BCUT2D eigenvalue weighted by atomic mass is 32.2.